The molecule has 2 nitrogen and oxygen atoms in total. The largest absolute Gasteiger partial charge is 0.383 e. The monoisotopic (exact) mass is 219 g/mol. The summed E-state index contributed by atoms with van der Waals surface area (Å²) in [4.78, 5) is 2.51. The van der Waals surface area contributed by atoms with E-state index in [0.717, 1.165) is 26.2 Å². The molecule has 0 saturated carbocycles. The molecule has 0 spiro atoms. The molecule has 0 fully saturated rings. The molecule has 0 N–H and O–H groups in total. The van der Waals surface area contributed by atoms with E-state index in [9.17, 15) is 0 Å². The summed E-state index contributed by atoms with van der Waals surface area (Å²) >= 11 is 0. The fourth-order valence-corrected chi connectivity index (χ4v) is 2.52. The number of fused-ring (bicyclic) bond motifs is 1. The van der Waals surface area contributed by atoms with Crippen molar-refractivity contribution in [1.82, 2.24) is 4.90 Å². The Hall–Kier alpha value is -0.860. The Morgan fingerprint density at radius 1 is 1.38 bits per heavy atom. The molecule has 1 heterocycles. The second-order valence-electron chi connectivity index (χ2n) is 4.64. The highest BCUT2D eigenvalue weighted by Crippen LogP contribution is 2.24. The number of rotatable bonds is 3. The minimum atomic E-state index is 0.635. The fourth-order valence-electron chi connectivity index (χ4n) is 2.52. The number of hydrogen-bond donors (Lipinski definition) is 0. The van der Waals surface area contributed by atoms with Crippen LogP contribution < -0.4 is 0 Å². The van der Waals surface area contributed by atoms with E-state index in [0.29, 0.717) is 5.92 Å². The summed E-state index contributed by atoms with van der Waals surface area (Å²) in [6.07, 6.45) is 1.17. The van der Waals surface area contributed by atoms with Crippen LogP contribution in [0.2, 0.25) is 0 Å². The average Bonchev–Trinajstić information content (AvgIpc) is 2.47. The summed E-state index contributed by atoms with van der Waals surface area (Å²) in [6, 6.07) is 8.85. The molecule has 0 aliphatic carbocycles. The molecular weight excluding hydrogens is 198 g/mol. The molecule has 16 heavy (non-hydrogen) atoms. The molecule has 1 atom stereocenters. The maximum absolute atomic E-state index is 5.16. The zero-order valence-corrected chi connectivity index (χ0v) is 10.3. The standard InChI is InChI=1S/C14H21NO/c1-12-11-15(9-10-16-2)8-7-13-5-3-4-6-14(12)13/h3-6,12H,7-11H2,1-2H3. The first-order valence-electron chi connectivity index (χ1n) is 6.10. The van der Waals surface area contributed by atoms with E-state index in [1.807, 2.05) is 0 Å². The first-order valence-corrected chi connectivity index (χ1v) is 6.10. The highest BCUT2D eigenvalue weighted by molar-refractivity contribution is 5.31. The van der Waals surface area contributed by atoms with Gasteiger partial charge < -0.3 is 9.64 Å². The van der Waals surface area contributed by atoms with Crippen molar-refractivity contribution in [3.8, 4) is 0 Å². The molecule has 1 aromatic carbocycles. The van der Waals surface area contributed by atoms with Crippen LogP contribution in [0.15, 0.2) is 24.3 Å². The number of methoxy groups -OCH3 is 1. The van der Waals surface area contributed by atoms with Crippen molar-refractivity contribution in [2.75, 3.05) is 33.4 Å². The molecule has 0 aromatic heterocycles. The van der Waals surface area contributed by atoms with Gasteiger partial charge in [0.2, 0.25) is 0 Å². The molecule has 0 saturated heterocycles. The minimum absolute atomic E-state index is 0.635. The van der Waals surface area contributed by atoms with Crippen molar-refractivity contribution in [1.29, 1.82) is 0 Å². The second-order valence-corrected chi connectivity index (χ2v) is 4.64. The number of nitrogens with zero attached hydrogens (tertiary/aromatic N) is 1. The normalized spacial score (nSPS) is 21.5. The van der Waals surface area contributed by atoms with E-state index in [1.165, 1.54) is 17.5 Å². The summed E-state index contributed by atoms with van der Waals surface area (Å²) in [5.74, 6) is 0.635. The summed E-state index contributed by atoms with van der Waals surface area (Å²) in [7, 11) is 1.77. The second kappa shape index (κ2) is 5.46. The molecular formula is C14H21NO. The van der Waals surface area contributed by atoms with E-state index < -0.39 is 0 Å². The smallest absolute Gasteiger partial charge is 0.0589 e. The van der Waals surface area contributed by atoms with Crippen molar-refractivity contribution in [2.45, 2.75) is 19.3 Å². The van der Waals surface area contributed by atoms with E-state index in [-0.39, 0.29) is 0 Å². The fraction of sp³-hybridized carbons (Fsp3) is 0.571. The van der Waals surface area contributed by atoms with E-state index in [1.54, 1.807) is 7.11 Å². The molecule has 0 amide bonds. The maximum atomic E-state index is 5.16. The quantitative estimate of drug-likeness (QED) is 0.773. The molecule has 0 bridgehead atoms. The van der Waals surface area contributed by atoms with Crippen LogP contribution in [0.1, 0.15) is 24.0 Å². The highest BCUT2D eigenvalue weighted by Gasteiger charge is 2.18. The molecule has 0 radical (unpaired) electrons. The number of hydrogen-bond acceptors (Lipinski definition) is 2. The maximum Gasteiger partial charge on any atom is 0.0589 e. The summed E-state index contributed by atoms with van der Waals surface area (Å²) < 4.78 is 5.16. The first kappa shape index (κ1) is 11.6. The van der Waals surface area contributed by atoms with Crippen LogP contribution in [0, 0.1) is 0 Å². The van der Waals surface area contributed by atoms with Gasteiger partial charge in [-0.1, -0.05) is 31.2 Å². The van der Waals surface area contributed by atoms with Gasteiger partial charge in [0, 0.05) is 26.7 Å². The SMILES string of the molecule is COCCN1CCc2ccccc2C(C)C1. The van der Waals surface area contributed by atoms with Crippen LogP contribution in [0.25, 0.3) is 0 Å². The Balaban J connectivity index is 2.07. The van der Waals surface area contributed by atoms with Gasteiger partial charge in [0.1, 0.15) is 0 Å². The third-order valence-electron chi connectivity index (χ3n) is 3.43. The van der Waals surface area contributed by atoms with Crippen molar-refractivity contribution in [3.05, 3.63) is 35.4 Å². The number of ether oxygens (including phenoxy) is 1. The molecule has 1 aliphatic heterocycles. The van der Waals surface area contributed by atoms with Crippen LogP contribution in [-0.4, -0.2) is 38.3 Å². The lowest BCUT2D eigenvalue weighted by Gasteiger charge is -2.22. The van der Waals surface area contributed by atoms with Crippen molar-refractivity contribution < 1.29 is 4.74 Å². The minimum Gasteiger partial charge on any atom is -0.383 e. The Kier molecular flexibility index (Phi) is 3.97. The molecule has 1 aliphatic rings. The topological polar surface area (TPSA) is 12.5 Å². The number of benzene rings is 1. The van der Waals surface area contributed by atoms with Crippen LogP contribution >= 0.6 is 0 Å². The zero-order chi connectivity index (χ0) is 11.4. The predicted molar refractivity (Wildman–Crippen MR) is 66.9 cm³/mol. The summed E-state index contributed by atoms with van der Waals surface area (Å²) in [5.41, 5.74) is 3.05. The van der Waals surface area contributed by atoms with E-state index in [4.69, 9.17) is 4.74 Å². The Labute approximate surface area is 98.2 Å². The van der Waals surface area contributed by atoms with E-state index in [2.05, 4.69) is 36.1 Å². The Morgan fingerprint density at radius 2 is 2.19 bits per heavy atom. The lowest BCUT2D eigenvalue weighted by molar-refractivity contribution is 0.147. The van der Waals surface area contributed by atoms with Crippen molar-refractivity contribution >= 4 is 0 Å². The molecule has 2 rings (SSSR count). The van der Waals surface area contributed by atoms with Crippen molar-refractivity contribution in [3.63, 3.8) is 0 Å². The van der Waals surface area contributed by atoms with Gasteiger partial charge in [-0.15, -0.1) is 0 Å². The molecule has 2 heteroatoms. The molecule has 88 valence electrons. The average molecular weight is 219 g/mol. The van der Waals surface area contributed by atoms with Crippen LogP contribution in [0.3, 0.4) is 0 Å². The van der Waals surface area contributed by atoms with Gasteiger partial charge in [-0.05, 0) is 23.5 Å². The van der Waals surface area contributed by atoms with Gasteiger partial charge in [-0.2, -0.15) is 0 Å². The highest BCUT2D eigenvalue weighted by atomic mass is 16.5. The van der Waals surface area contributed by atoms with Crippen molar-refractivity contribution in [2.24, 2.45) is 0 Å². The van der Waals surface area contributed by atoms with Gasteiger partial charge in [0.15, 0.2) is 0 Å². The summed E-state index contributed by atoms with van der Waals surface area (Å²) in [5, 5.41) is 0. The lowest BCUT2D eigenvalue weighted by Crippen LogP contribution is -2.30. The first-order chi connectivity index (χ1) is 7.81. The van der Waals surface area contributed by atoms with Gasteiger partial charge in [0.25, 0.3) is 0 Å². The van der Waals surface area contributed by atoms with Gasteiger partial charge >= 0.3 is 0 Å². The third kappa shape index (κ3) is 2.63. The van der Waals surface area contributed by atoms with Gasteiger partial charge in [-0.25, -0.2) is 0 Å². The third-order valence-corrected chi connectivity index (χ3v) is 3.43. The van der Waals surface area contributed by atoms with Crippen LogP contribution in [-0.2, 0) is 11.2 Å². The molecule has 1 aromatic rings. The zero-order valence-electron chi connectivity index (χ0n) is 10.3. The van der Waals surface area contributed by atoms with Gasteiger partial charge in [0.05, 0.1) is 6.61 Å². The lowest BCUT2D eigenvalue weighted by atomic mass is 9.96. The predicted octanol–water partition coefficient (Wildman–Crippen LogP) is 2.29. The van der Waals surface area contributed by atoms with E-state index >= 15 is 0 Å². The van der Waals surface area contributed by atoms with Gasteiger partial charge in [-0.3, -0.25) is 0 Å². The van der Waals surface area contributed by atoms with Crippen LogP contribution in [0.5, 0.6) is 0 Å². The van der Waals surface area contributed by atoms with Crippen LogP contribution in [0.4, 0.5) is 0 Å². The Morgan fingerprint density at radius 3 is 3.00 bits per heavy atom. The molecule has 1 unspecified atom stereocenters. The summed E-state index contributed by atoms with van der Waals surface area (Å²) in [6.45, 7) is 6.52. The Bertz CT molecular complexity index is 337.